The van der Waals surface area contributed by atoms with Crippen LogP contribution < -0.4 is 5.32 Å². The van der Waals surface area contributed by atoms with Crippen LogP contribution in [0.5, 0.6) is 0 Å². The molecule has 1 aromatic rings. The molecule has 10 nitrogen and oxygen atoms in total. The third kappa shape index (κ3) is 5.86. The fourth-order valence-electron chi connectivity index (χ4n) is 3.64. The molecule has 29 heavy (non-hydrogen) atoms. The SMILES string of the molecule is CCN(CC)C(CNC(=O)N1CCC2(CC1)COC(=O)O2)c1ccco1.O=CO. The summed E-state index contributed by atoms with van der Waals surface area (Å²) in [5.74, 6) is 0.849. The summed E-state index contributed by atoms with van der Waals surface area (Å²) in [6.45, 7) is 7.52. The van der Waals surface area contributed by atoms with Crippen LogP contribution in [-0.4, -0.2) is 78.5 Å². The molecule has 0 saturated carbocycles. The number of ether oxygens (including phenoxy) is 2. The Hall–Kier alpha value is -2.75. The van der Waals surface area contributed by atoms with Crippen molar-refractivity contribution in [3.63, 3.8) is 0 Å². The lowest BCUT2D eigenvalue weighted by Gasteiger charge is -2.36. The topological polar surface area (TPSA) is 122 Å². The molecule has 2 saturated heterocycles. The quantitative estimate of drug-likeness (QED) is 0.539. The summed E-state index contributed by atoms with van der Waals surface area (Å²) < 4.78 is 15.8. The highest BCUT2D eigenvalue weighted by Crippen LogP contribution is 2.31. The number of likely N-dealkylation sites (N-methyl/N-ethyl adjacent to an activating group) is 1. The lowest BCUT2D eigenvalue weighted by Crippen LogP contribution is -2.51. The van der Waals surface area contributed by atoms with E-state index in [-0.39, 0.29) is 25.2 Å². The van der Waals surface area contributed by atoms with E-state index in [0.29, 0.717) is 32.5 Å². The monoisotopic (exact) mass is 411 g/mol. The van der Waals surface area contributed by atoms with Crippen molar-refractivity contribution in [3.05, 3.63) is 24.2 Å². The summed E-state index contributed by atoms with van der Waals surface area (Å²) in [5.41, 5.74) is -0.550. The maximum absolute atomic E-state index is 12.6. The second kappa shape index (κ2) is 10.7. The predicted octanol–water partition coefficient (Wildman–Crippen LogP) is 2.07. The molecular weight excluding hydrogens is 382 g/mol. The molecule has 0 radical (unpaired) electrons. The third-order valence-corrected chi connectivity index (χ3v) is 5.29. The highest BCUT2D eigenvalue weighted by atomic mass is 16.8. The number of amides is 2. The number of nitrogens with one attached hydrogen (secondary N) is 1. The van der Waals surface area contributed by atoms with E-state index in [1.54, 1.807) is 11.2 Å². The Morgan fingerprint density at radius 2 is 2.03 bits per heavy atom. The Morgan fingerprint density at radius 3 is 2.52 bits per heavy atom. The number of likely N-dealkylation sites (tertiary alicyclic amines) is 1. The van der Waals surface area contributed by atoms with Crippen molar-refractivity contribution in [1.82, 2.24) is 15.1 Å². The number of furan rings is 1. The predicted molar refractivity (Wildman–Crippen MR) is 102 cm³/mol. The second-order valence-electron chi connectivity index (χ2n) is 6.85. The number of nitrogens with zero attached hydrogens (tertiary/aromatic N) is 2. The Bertz CT molecular complexity index is 653. The maximum Gasteiger partial charge on any atom is 0.509 e. The third-order valence-electron chi connectivity index (χ3n) is 5.29. The average molecular weight is 411 g/mol. The minimum absolute atomic E-state index is 0.00395. The van der Waals surface area contributed by atoms with E-state index in [2.05, 4.69) is 24.1 Å². The van der Waals surface area contributed by atoms with Gasteiger partial charge in [0.1, 0.15) is 12.4 Å². The smallest absolute Gasteiger partial charge is 0.483 e. The van der Waals surface area contributed by atoms with Gasteiger partial charge in [-0.2, -0.15) is 0 Å². The van der Waals surface area contributed by atoms with Gasteiger partial charge in [-0.25, -0.2) is 9.59 Å². The number of rotatable bonds is 6. The minimum Gasteiger partial charge on any atom is -0.483 e. The van der Waals surface area contributed by atoms with E-state index in [4.69, 9.17) is 23.8 Å². The highest BCUT2D eigenvalue weighted by molar-refractivity contribution is 5.74. The first-order valence-corrected chi connectivity index (χ1v) is 9.72. The van der Waals surface area contributed by atoms with Crippen LogP contribution in [0.15, 0.2) is 22.8 Å². The van der Waals surface area contributed by atoms with Crippen molar-refractivity contribution in [2.45, 2.75) is 38.3 Å². The molecule has 1 spiro atoms. The number of carboxylic acid groups (broad SMARTS) is 1. The van der Waals surface area contributed by atoms with Crippen LogP contribution in [0.25, 0.3) is 0 Å². The van der Waals surface area contributed by atoms with E-state index in [1.807, 2.05) is 12.1 Å². The van der Waals surface area contributed by atoms with Crippen molar-refractivity contribution in [3.8, 4) is 0 Å². The molecule has 2 fully saturated rings. The number of carbonyl (C=O) groups is 3. The van der Waals surface area contributed by atoms with Gasteiger partial charge in [0.2, 0.25) is 0 Å². The normalized spacial score (nSPS) is 18.4. The number of carbonyl (C=O) groups excluding carboxylic acids is 2. The molecular formula is C19H29N3O7. The van der Waals surface area contributed by atoms with Gasteiger partial charge < -0.3 is 29.2 Å². The number of urea groups is 1. The van der Waals surface area contributed by atoms with Gasteiger partial charge in [-0.1, -0.05) is 13.8 Å². The zero-order chi connectivity index (χ0) is 21.3. The number of hydrogen-bond donors (Lipinski definition) is 2. The van der Waals surface area contributed by atoms with Crippen molar-refractivity contribution in [2.75, 3.05) is 39.3 Å². The largest absolute Gasteiger partial charge is 0.509 e. The number of piperidine rings is 1. The van der Waals surface area contributed by atoms with Gasteiger partial charge in [-0.15, -0.1) is 0 Å². The maximum atomic E-state index is 12.6. The van der Waals surface area contributed by atoms with Crippen molar-refractivity contribution in [2.24, 2.45) is 0 Å². The van der Waals surface area contributed by atoms with Crippen LogP contribution >= 0.6 is 0 Å². The number of cyclic esters (lactones) is 1. The Labute approximate surface area is 169 Å². The molecule has 10 heteroatoms. The fourth-order valence-corrected chi connectivity index (χ4v) is 3.64. The number of hydrogen-bond acceptors (Lipinski definition) is 7. The first-order valence-electron chi connectivity index (χ1n) is 9.72. The molecule has 3 rings (SSSR count). The zero-order valence-electron chi connectivity index (χ0n) is 16.8. The Morgan fingerprint density at radius 1 is 1.38 bits per heavy atom. The van der Waals surface area contributed by atoms with Gasteiger partial charge in [0, 0.05) is 32.5 Å². The summed E-state index contributed by atoms with van der Waals surface area (Å²) in [7, 11) is 0. The van der Waals surface area contributed by atoms with Crippen LogP contribution in [0, 0.1) is 0 Å². The van der Waals surface area contributed by atoms with Gasteiger partial charge in [0.25, 0.3) is 6.47 Å². The summed E-state index contributed by atoms with van der Waals surface area (Å²) in [4.78, 5) is 36.1. The molecule has 0 aromatic carbocycles. The van der Waals surface area contributed by atoms with Crippen molar-refractivity contribution in [1.29, 1.82) is 0 Å². The summed E-state index contributed by atoms with van der Waals surface area (Å²) in [6.07, 6.45) is 2.25. The molecule has 2 aliphatic heterocycles. The molecule has 162 valence electrons. The molecule has 1 atom stereocenters. The van der Waals surface area contributed by atoms with E-state index < -0.39 is 11.8 Å². The molecule has 2 amide bonds. The second-order valence-corrected chi connectivity index (χ2v) is 6.85. The molecule has 3 heterocycles. The fraction of sp³-hybridized carbons (Fsp3) is 0.632. The minimum atomic E-state index is -0.608. The molecule has 2 N–H and O–H groups in total. The van der Waals surface area contributed by atoms with E-state index in [9.17, 15) is 9.59 Å². The van der Waals surface area contributed by atoms with Crippen LogP contribution in [0.3, 0.4) is 0 Å². The molecule has 0 aliphatic carbocycles. The lowest BCUT2D eigenvalue weighted by atomic mass is 9.92. The standard InChI is InChI=1S/C18H27N3O5.CH2O2/c1-3-20(4-2)14(15-6-5-11-24-15)12-19-16(22)21-9-7-18(8-10-21)13-25-17(23)26-18;2-1-3/h5-6,11,14H,3-4,7-10,12-13H2,1-2H3,(H,19,22);1H,(H,2,3). The molecule has 1 unspecified atom stereocenters. The van der Waals surface area contributed by atoms with Crippen LogP contribution in [-0.2, 0) is 14.3 Å². The van der Waals surface area contributed by atoms with Crippen molar-refractivity contribution < 1.29 is 33.4 Å². The zero-order valence-corrected chi connectivity index (χ0v) is 16.8. The molecule has 2 aliphatic rings. The summed E-state index contributed by atoms with van der Waals surface area (Å²) in [5, 5.41) is 9.91. The average Bonchev–Trinajstić information content (AvgIpc) is 3.36. The first-order chi connectivity index (χ1) is 14.0. The highest BCUT2D eigenvalue weighted by Gasteiger charge is 2.45. The summed E-state index contributed by atoms with van der Waals surface area (Å²) >= 11 is 0. The summed E-state index contributed by atoms with van der Waals surface area (Å²) in [6, 6.07) is 3.70. The Balaban J connectivity index is 0.000000941. The van der Waals surface area contributed by atoms with Gasteiger partial charge in [0.05, 0.1) is 12.3 Å². The van der Waals surface area contributed by atoms with E-state index in [0.717, 1.165) is 18.8 Å². The lowest BCUT2D eigenvalue weighted by molar-refractivity contribution is -0.122. The Kier molecular flexibility index (Phi) is 8.32. The van der Waals surface area contributed by atoms with Crippen LogP contribution in [0.1, 0.15) is 38.5 Å². The molecule has 0 bridgehead atoms. The van der Waals surface area contributed by atoms with Crippen molar-refractivity contribution >= 4 is 18.7 Å². The molecule has 1 aromatic heterocycles. The van der Waals surface area contributed by atoms with Crippen LogP contribution in [0.4, 0.5) is 9.59 Å². The van der Waals surface area contributed by atoms with Gasteiger partial charge in [-0.05, 0) is 25.2 Å². The van der Waals surface area contributed by atoms with Gasteiger partial charge in [-0.3, -0.25) is 9.69 Å². The van der Waals surface area contributed by atoms with Crippen LogP contribution in [0.2, 0.25) is 0 Å². The van der Waals surface area contributed by atoms with Gasteiger partial charge in [0.15, 0.2) is 5.60 Å². The van der Waals surface area contributed by atoms with E-state index >= 15 is 0 Å². The van der Waals surface area contributed by atoms with E-state index in [1.165, 1.54) is 0 Å². The van der Waals surface area contributed by atoms with Gasteiger partial charge >= 0.3 is 12.2 Å². The first kappa shape index (κ1) is 22.5.